The molecule has 1 aliphatic rings. The summed E-state index contributed by atoms with van der Waals surface area (Å²) in [6, 6.07) is 0. The van der Waals surface area contributed by atoms with E-state index in [9.17, 15) is 4.79 Å². The maximum absolute atomic E-state index is 11.9. The van der Waals surface area contributed by atoms with Crippen molar-refractivity contribution in [2.45, 2.75) is 41.5 Å². The zero-order chi connectivity index (χ0) is 11.0. The van der Waals surface area contributed by atoms with Crippen molar-refractivity contribution in [3.63, 3.8) is 0 Å². The third kappa shape index (κ3) is 1.65. The van der Waals surface area contributed by atoms with Crippen LogP contribution < -0.4 is 0 Å². The Morgan fingerprint density at radius 1 is 1.14 bits per heavy atom. The minimum Gasteiger partial charge on any atom is -0.294 e. The smallest absolute Gasteiger partial charge is 0.161 e. The van der Waals surface area contributed by atoms with Crippen molar-refractivity contribution >= 4 is 5.78 Å². The number of ketones is 1. The van der Waals surface area contributed by atoms with Gasteiger partial charge in [-0.3, -0.25) is 4.79 Å². The summed E-state index contributed by atoms with van der Waals surface area (Å²) in [6.07, 6.45) is 0. The van der Waals surface area contributed by atoms with E-state index in [0.29, 0.717) is 23.5 Å². The number of hydrogen-bond donors (Lipinski definition) is 0. The second-order valence-corrected chi connectivity index (χ2v) is 5.16. The lowest BCUT2D eigenvalue weighted by Crippen LogP contribution is -2.20. The standard InChI is InChI=1S/C13H22O/c1-7(2)11-9(5)13(14)10(6)12(11)8(3)4/h7-9,11H,1-6H3. The molecule has 0 amide bonds. The first kappa shape index (κ1) is 11.5. The Morgan fingerprint density at radius 2 is 1.64 bits per heavy atom. The molecule has 1 aliphatic carbocycles. The summed E-state index contributed by atoms with van der Waals surface area (Å²) in [4.78, 5) is 11.9. The third-order valence-electron chi connectivity index (χ3n) is 3.45. The van der Waals surface area contributed by atoms with Gasteiger partial charge < -0.3 is 0 Å². The molecule has 1 nitrogen and oxygen atoms in total. The molecule has 0 spiro atoms. The van der Waals surface area contributed by atoms with Crippen LogP contribution in [0.3, 0.4) is 0 Å². The lowest BCUT2D eigenvalue weighted by atomic mass is 9.79. The number of hydrogen-bond acceptors (Lipinski definition) is 1. The SMILES string of the molecule is CC1=C(C(C)C)C(C(C)C)C(C)C1=O. The maximum Gasteiger partial charge on any atom is 0.161 e. The van der Waals surface area contributed by atoms with Crippen LogP contribution in [-0.2, 0) is 4.79 Å². The van der Waals surface area contributed by atoms with Gasteiger partial charge in [0.2, 0.25) is 0 Å². The lowest BCUT2D eigenvalue weighted by molar-refractivity contribution is -0.118. The highest BCUT2D eigenvalue weighted by molar-refractivity contribution is 6.00. The van der Waals surface area contributed by atoms with E-state index in [0.717, 1.165) is 5.57 Å². The first-order valence-electron chi connectivity index (χ1n) is 5.62. The van der Waals surface area contributed by atoms with Gasteiger partial charge in [-0.1, -0.05) is 40.2 Å². The van der Waals surface area contributed by atoms with Gasteiger partial charge in [0.1, 0.15) is 0 Å². The van der Waals surface area contributed by atoms with Gasteiger partial charge in [-0.25, -0.2) is 0 Å². The zero-order valence-corrected chi connectivity index (χ0v) is 10.2. The van der Waals surface area contributed by atoms with E-state index < -0.39 is 0 Å². The van der Waals surface area contributed by atoms with Crippen molar-refractivity contribution in [1.82, 2.24) is 0 Å². The summed E-state index contributed by atoms with van der Waals surface area (Å²) in [5, 5.41) is 0. The van der Waals surface area contributed by atoms with Crippen molar-refractivity contribution < 1.29 is 4.79 Å². The summed E-state index contributed by atoms with van der Waals surface area (Å²) < 4.78 is 0. The van der Waals surface area contributed by atoms with Crippen LogP contribution in [0.2, 0.25) is 0 Å². The monoisotopic (exact) mass is 194 g/mol. The molecule has 1 heteroatoms. The summed E-state index contributed by atoms with van der Waals surface area (Å²) in [6.45, 7) is 12.9. The number of allylic oxidation sites excluding steroid dienone is 2. The van der Waals surface area contributed by atoms with Crippen LogP contribution in [0.25, 0.3) is 0 Å². The summed E-state index contributed by atoms with van der Waals surface area (Å²) in [5.74, 6) is 2.13. The number of rotatable bonds is 2. The molecule has 0 aromatic heterocycles. The van der Waals surface area contributed by atoms with Gasteiger partial charge in [-0.2, -0.15) is 0 Å². The third-order valence-corrected chi connectivity index (χ3v) is 3.45. The summed E-state index contributed by atoms with van der Waals surface area (Å²) >= 11 is 0. The van der Waals surface area contributed by atoms with Gasteiger partial charge in [-0.05, 0) is 30.3 Å². The Hall–Kier alpha value is -0.590. The van der Waals surface area contributed by atoms with Crippen LogP contribution in [-0.4, -0.2) is 5.78 Å². The molecule has 0 fully saturated rings. The highest BCUT2D eigenvalue weighted by Crippen LogP contribution is 2.42. The van der Waals surface area contributed by atoms with Gasteiger partial charge in [-0.15, -0.1) is 0 Å². The Morgan fingerprint density at radius 3 is 1.93 bits per heavy atom. The molecule has 0 aliphatic heterocycles. The van der Waals surface area contributed by atoms with Crippen molar-refractivity contribution in [2.24, 2.45) is 23.7 Å². The molecule has 1 rings (SSSR count). The van der Waals surface area contributed by atoms with E-state index in [4.69, 9.17) is 0 Å². The van der Waals surface area contributed by atoms with E-state index >= 15 is 0 Å². The second kappa shape index (κ2) is 3.88. The second-order valence-electron chi connectivity index (χ2n) is 5.16. The zero-order valence-electron chi connectivity index (χ0n) is 10.2. The number of carbonyl (C=O) groups is 1. The first-order chi connectivity index (χ1) is 6.37. The molecule has 0 heterocycles. The highest BCUT2D eigenvalue weighted by Gasteiger charge is 2.39. The van der Waals surface area contributed by atoms with Crippen LogP contribution in [0.15, 0.2) is 11.1 Å². The summed E-state index contributed by atoms with van der Waals surface area (Å²) in [5.41, 5.74) is 2.43. The fourth-order valence-corrected chi connectivity index (χ4v) is 2.92. The lowest BCUT2D eigenvalue weighted by Gasteiger charge is -2.25. The normalized spacial score (nSPS) is 28.4. The fourth-order valence-electron chi connectivity index (χ4n) is 2.92. The van der Waals surface area contributed by atoms with Crippen molar-refractivity contribution in [3.8, 4) is 0 Å². The van der Waals surface area contributed by atoms with Crippen LogP contribution in [0.1, 0.15) is 41.5 Å². The highest BCUT2D eigenvalue weighted by atomic mass is 16.1. The van der Waals surface area contributed by atoms with Gasteiger partial charge in [0, 0.05) is 5.92 Å². The van der Waals surface area contributed by atoms with Gasteiger partial charge in [0.15, 0.2) is 5.78 Å². The topological polar surface area (TPSA) is 17.1 Å². The Kier molecular flexibility index (Phi) is 3.18. The molecule has 14 heavy (non-hydrogen) atoms. The van der Waals surface area contributed by atoms with Gasteiger partial charge in [0.05, 0.1) is 0 Å². The molecule has 0 saturated carbocycles. The van der Waals surface area contributed by atoms with Crippen LogP contribution in [0.4, 0.5) is 0 Å². The summed E-state index contributed by atoms with van der Waals surface area (Å²) in [7, 11) is 0. The molecule has 0 aromatic carbocycles. The maximum atomic E-state index is 11.9. The first-order valence-corrected chi connectivity index (χ1v) is 5.62. The molecule has 0 aromatic rings. The predicted octanol–water partition coefficient (Wildman–Crippen LogP) is 3.45. The van der Waals surface area contributed by atoms with Crippen LogP contribution in [0.5, 0.6) is 0 Å². The number of carbonyl (C=O) groups excluding carboxylic acids is 1. The van der Waals surface area contributed by atoms with E-state index in [1.807, 2.05) is 6.92 Å². The van der Waals surface area contributed by atoms with E-state index in [-0.39, 0.29) is 5.92 Å². The largest absolute Gasteiger partial charge is 0.294 e. The molecule has 2 atom stereocenters. The van der Waals surface area contributed by atoms with Gasteiger partial charge >= 0.3 is 0 Å². The van der Waals surface area contributed by atoms with Crippen molar-refractivity contribution in [1.29, 1.82) is 0 Å². The van der Waals surface area contributed by atoms with Crippen molar-refractivity contribution in [2.75, 3.05) is 0 Å². The average molecular weight is 194 g/mol. The molecule has 2 unspecified atom stereocenters. The van der Waals surface area contributed by atoms with E-state index in [1.54, 1.807) is 0 Å². The molecule has 0 radical (unpaired) electrons. The molecular formula is C13H22O. The molecular weight excluding hydrogens is 172 g/mol. The molecule has 0 bridgehead atoms. The van der Waals surface area contributed by atoms with Crippen LogP contribution in [0, 0.1) is 23.7 Å². The molecule has 80 valence electrons. The van der Waals surface area contributed by atoms with Crippen LogP contribution >= 0.6 is 0 Å². The minimum atomic E-state index is 0.201. The minimum absolute atomic E-state index is 0.201. The molecule has 0 saturated heterocycles. The average Bonchev–Trinajstić information content (AvgIpc) is 2.29. The quantitative estimate of drug-likeness (QED) is 0.658. The Balaban J connectivity index is 3.12. The predicted molar refractivity (Wildman–Crippen MR) is 60.0 cm³/mol. The Bertz CT molecular complexity index is 271. The Labute approximate surface area is 87.6 Å². The number of Topliss-reactive ketones (excluding diaryl/α,β-unsaturated/α-hetero) is 1. The fraction of sp³-hybridized carbons (Fsp3) is 0.769. The van der Waals surface area contributed by atoms with Crippen molar-refractivity contribution in [3.05, 3.63) is 11.1 Å². The van der Waals surface area contributed by atoms with Gasteiger partial charge in [0.25, 0.3) is 0 Å². The van der Waals surface area contributed by atoms with E-state index in [1.165, 1.54) is 5.57 Å². The molecule has 0 N–H and O–H groups in total. The van der Waals surface area contributed by atoms with E-state index in [2.05, 4.69) is 34.6 Å².